The fourth-order valence-electron chi connectivity index (χ4n) is 2.73. The van der Waals surface area contributed by atoms with Gasteiger partial charge in [-0.15, -0.1) is 0 Å². The summed E-state index contributed by atoms with van der Waals surface area (Å²) < 4.78 is 0. The lowest BCUT2D eigenvalue weighted by Crippen LogP contribution is -2.49. The average Bonchev–Trinajstić information content (AvgIpc) is 2.39. The highest BCUT2D eigenvalue weighted by Gasteiger charge is 2.33. The first-order valence-corrected chi connectivity index (χ1v) is 11.3. The van der Waals surface area contributed by atoms with Gasteiger partial charge in [0, 0.05) is 13.1 Å². The molecule has 0 N–H and O–H groups in total. The van der Waals surface area contributed by atoms with Crippen LogP contribution < -0.4 is 0 Å². The van der Waals surface area contributed by atoms with Gasteiger partial charge in [0.05, 0.1) is 0 Å². The van der Waals surface area contributed by atoms with Crippen molar-refractivity contribution in [2.75, 3.05) is 61.4 Å². The van der Waals surface area contributed by atoms with E-state index in [1.807, 2.05) is 0 Å². The maximum Gasteiger partial charge on any atom is 0.00240 e. The molecule has 1 aliphatic rings. The predicted octanol–water partition coefficient (Wildman–Crippen LogP) is 5.95. The quantitative estimate of drug-likeness (QED) is 0.565. The molecule has 0 bridgehead atoms. The normalized spacial score (nSPS) is 16.3. The summed E-state index contributed by atoms with van der Waals surface area (Å²) >= 11 is 0. The van der Waals surface area contributed by atoms with E-state index in [0.29, 0.717) is 16.2 Å². The minimum Gasteiger partial charge on any atom is -0.309 e. The largest absolute Gasteiger partial charge is 0.309 e. The average molecular weight is 400 g/mol. The molecule has 0 amide bonds. The fourth-order valence-corrected chi connectivity index (χ4v) is 2.73. The minimum absolute atomic E-state index is 0.490. The van der Waals surface area contributed by atoms with Crippen molar-refractivity contribution in [3.05, 3.63) is 0 Å². The van der Waals surface area contributed by atoms with Gasteiger partial charge in [-0.3, -0.25) is 0 Å². The Labute approximate surface area is 180 Å². The van der Waals surface area contributed by atoms with Gasteiger partial charge in [0.1, 0.15) is 0 Å². The van der Waals surface area contributed by atoms with Crippen LogP contribution in [0, 0.1) is 22.2 Å². The summed E-state index contributed by atoms with van der Waals surface area (Å²) in [5.41, 5.74) is 1.53. The summed E-state index contributed by atoms with van der Waals surface area (Å²) in [6, 6.07) is 0. The van der Waals surface area contributed by atoms with Gasteiger partial charge in [0.15, 0.2) is 0 Å². The van der Waals surface area contributed by atoms with Crippen molar-refractivity contribution in [2.45, 2.75) is 81.6 Å². The Morgan fingerprint density at radius 2 is 1.07 bits per heavy atom. The van der Waals surface area contributed by atoms with E-state index < -0.39 is 0 Å². The molecule has 0 saturated carbocycles. The van der Waals surface area contributed by atoms with Crippen LogP contribution >= 0.6 is 0 Å². The van der Waals surface area contributed by atoms with Crippen LogP contribution in [0.1, 0.15) is 81.6 Å². The van der Waals surface area contributed by atoms with Gasteiger partial charge in [-0.05, 0) is 89.8 Å². The number of nitrogens with zero attached hydrogens (tertiary/aromatic N) is 3. The molecule has 1 aliphatic heterocycles. The van der Waals surface area contributed by atoms with Gasteiger partial charge >= 0.3 is 0 Å². The molecule has 3 heteroatoms. The van der Waals surface area contributed by atoms with Crippen LogP contribution in [0.4, 0.5) is 0 Å². The zero-order valence-corrected chi connectivity index (χ0v) is 22.4. The molecule has 1 rings (SSSR count). The highest BCUT2D eigenvalue weighted by Crippen LogP contribution is 2.32. The molecule has 0 aliphatic carbocycles. The lowest BCUT2D eigenvalue weighted by Gasteiger charge is -2.44. The standard InChI is InChI=1S/C9H21N.C8H17N.C8H19N/c1-9(2,3)7-6-8-10(4)5;1-8(2,3)7-5-9(4)6-7;1-8(2,3)6-7-9(4)5/h6-8H2,1-5H3;7H,5-6H2,1-4H3;6-7H2,1-5H3. The maximum atomic E-state index is 2.37. The van der Waals surface area contributed by atoms with Crippen molar-refractivity contribution in [1.82, 2.24) is 14.7 Å². The number of rotatable bonds is 5. The van der Waals surface area contributed by atoms with Gasteiger partial charge in [0.25, 0.3) is 0 Å². The molecule has 0 radical (unpaired) electrons. The Bertz CT molecular complexity index is 357. The van der Waals surface area contributed by atoms with E-state index in [0.717, 1.165) is 5.92 Å². The predicted molar refractivity (Wildman–Crippen MR) is 130 cm³/mol. The Kier molecular flexibility index (Phi) is 14.2. The summed E-state index contributed by atoms with van der Waals surface area (Å²) in [4.78, 5) is 6.84. The van der Waals surface area contributed by atoms with Crippen molar-refractivity contribution < 1.29 is 0 Å². The summed E-state index contributed by atoms with van der Waals surface area (Å²) in [5.74, 6) is 0.933. The second-order valence-corrected chi connectivity index (χ2v) is 12.9. The van der Waals surface area contributed by atoms with Gasteiger partial charge in [-0.1, -0.05) is 62.3 Å². The molecule has 3 nitrogen and oxygen atoms in total. The molecule has 0 spiro atoms. The summed E-state index contributed by atoms with van der Waals surface area (Å²) in [7, 11) is 10.7. The van der Waals surface area contributed by atoms with Gasteiger partial charge < -0.3 is 14.7 Å². The Morgan fingerprint density at radius 1 is 0.679 bits per heavy atom. The molecule has 1 fully saturated rings. The Hall–Kier alpha value is -0.120. The van der Waals surface area contributed by atoms with Crippen molar-refractivity contribution >= 4 is 0 Å². The van der Waals surface area contributed by atoms with Crippen LogP contribution in [0.5, 0.6) is 0 Å². The SMILES string of the molecule is CN(C)CCC(C)(C)C.CN(C)CCCC(C)(C)C.CN1CC(C(C)(C)C)C1. The van der Waals surface area contributed by atoms with Gasteiger partial charge in [-0.2, -0.15) is 0 Å². The monoisotopic (exact) mass is 399 g/mol. The van der Waals surface area contributed by atoms with E-state index in [2.05, 4.69) is 112 Å². The van der Waals surface area contributed by atoms with Gasteiger partial charge in [-0.25, -0.2) is 0 Å². The lowest BCUT2D eigenvalue weighted by atomic mass is 9.76. The van der Waals surface area contributed by atoms with Crippen LogP contribution in [-0.2, 0) is 0 Å². The molecular weight excluding hydrogens is 342 g/mol. The molecule has 172 valence electrons. The minimum atomic E-state index is 0.490. The second-order valence-electron chi connectivity index (χ2n) is 12.9. The zero-order chi connectivity index (χ0) is 22.8. The number of likely N-dealkylation sites (tertiary alicyclic amines) is 1. The molecule has 0 aromatic carbocycles. The van der Waals surface area contributed by atoms with E-state index in [9.17, 15) is 0 Å². The Balaban J connectivity index is 0. The van der Waals surface area contributed by atoms with Gasteiger partial charge in [0.2, 0.25) is 0 Å². The molecule has 0 aromatic rings. The maximum absolute atomic E-state index is 2.37. The summed E-state index contributed by atoms with van der Waals surface area (Å²) in [6.07, 6.45) is 3.92. The van der Waals surface area contributed by atoms with Crippen molar-refractivity contribution in [3.63, 3.8) is 0 Å². The third-order valence-corrected chi connectivity index (χ3v) is 5.13. The first-order chi connectivity index (χ1) is 12.3. The molecular formula is C25H57N3. The summed E-state index contributed by atoms with van der Waals surface area (Å²) in [5, 5.41) is 0. The molecule has 28 heavy (non-hydrogen) atoms. The van der Waals surface area contributed by atoms with Crippen molar-refractivity contribution in [2.24, 2.45) is 22.2 Å². The zero-order valence-electron chi connectivity index (χ0n) is 22.4. The van der Waals surface area contributed by atoms with Crippen molar-refractivity contribution in [3.8, 4) is 0 Å². The molecule has 0 atom stereocenters. The smallest absolute Gasteiger partial charge is 0.00240 e. The Morgan fingerprint density at radius 3 is 1.25 bits per heavy atom. The first-order valence-electron chi connectivity index (χ1n) is 11.3. The first kappa shape index (κ1) is 30.1. The highest BCUT2D eigenvalue weighted by molar-refractivity contribution is 4.85. The molecule has 1 heterocycles. The van der Waals surface area contributed by atoms with Crippen LogP contribution in [0.3, 0.4) is 0 Å². The summed E-state index contributed by atoms with van der Waals surface area (Å²) in [6.45, 7) is 25.7. The third-order valence-electron chi connectivity index (χ3n) is 5.13. The van der Waals surface area contributed by atoms with Crippen LogP contribution in [0.15, 0.2) is 0 Å². The van der Waals surface area contributed by atoms with Crippen molar-refractivity contribution in [1.29, 1.82) is 0 Å². The molecule has 0 unspecified atom stereocenters. The third kappa shape index (κ3) is 22.2. The molecule has 1 saturated heterocycles. The van der Waals surface area contributed by atoms with E-state index in [1.165, 1.54) is 45.4 Å². The molecule has 0 aromatic heterocycles. The van der Waals surface area contributed by atoms with E-state index in [4.69, 9.17) is 0 Å². The number of hydrogen-bond donors (Lipinski definition) is 0. The topological polar surface area (TPSA) is 9.72 Å². The lowest BCUT2D eigenvalue weighted by molar-refractivity contribution is 0.0459. The van der Waals surface area contributed by atoms with Crippen LogP contribution in [0.25, 0.3) is 0 Å². The van der Waals surface area contributed by atoms with E-state index in [1.54, 1.807) is 0 Å². The number of hydrogen-bond acceptors (Lipinski definition) is 3. The van der Waals surface area contributed by atoms with Crippen LogP contribution in [-0.4, -0.2) is 76.1 Å². The second kappa shape index (κ2) is 13.2. The highest BCUT2D eigenvalue weighted by atomic mass is 15.2. The fraction of sp³-hybridized carbons (Fsp3) is 1.00. The van der Waals surface area contributed by atoms with Crippen LogP contribution in [0.2, 0.25) is 0 Å². The van der Waals surface area contributed by atoms with E-state index in [-0.39, 0.29) is 0 Å². The van der Waals surface area contributed by atoms with E-state index >= 15 is 0 Å².